The van der Waals surface area contributed by atoms with Crippen LogP contribution in [0.25, 0.3) is 5.69 Å². The van der Waals surface area contributed by atoms with Gasteiger partial charge in [-0.05, 0) is 18.2 Å². The lowest BCUT2D eigenvalue weighted by Crippen LogP contribution is -2.17. The summed E-state index contributed by atoms with van der Waals surface area (Å²) in [6, 6.07) is 11.5. The number of nitrogens with zero attached hydrogens (tertiary/aromatic N) is 2. The fraction of sp³-hybridized carbons (Fsp3) is 0.250. The molecular formula is C12H14N2O2. The summed E-state index contributed by atoms with van der Waals surface area (Å²) in [4.78, 5) is 0. The van der Waals surface area contributed by atoms with Gasteiger partial charge >= 0.3 is 0 Å². The minimum absolute atomic E-state index is 0.236. The first-order valence-corrected chi connectivity index (χ1v) is 5.18. The molecule has 1 heterocycles. The minimum atomic E-state index is -0.737. The Morgan fingerprint density at radius 1 is 1.19 bits per heavy atom. The van der Waals surface area contributed by atoms with Crippen molar-refractivity contribution in [2.24, 2.45) is 0 Å². The Bertz CT molecular complexity index is 439. The van der Waals surface area contributed by atoms with Crippen LogP contribution in [0, 0.1) is 0 Å². The van der Waals surface area contributed by atoms with Crippen LogP contribution in [0.1, 0.15) is 5.69 Å². The second-order valence-electron chi connectivity index (χ2n) is 3.61. The van der Waals surface area contributed by atoms with Crippen molar-refractivity contribution in [1.82, 2.24) is 9.78 Å². The van der Waals surface area contributed by atoms with Crippen LogP contribution in [0.5, 0.6) is 0 Å². The highest BCUT2D eigenvalue weighted by atomic mass is 16.3. The van der Waals surface area contributed by atoms with Crippen LogP contribution in [0.15, 0.2) is 42.6 Å². The number of benzene rings is 1. The molecule has 1 aromatic carbocycles. The molecule has 0 spiro atoms. The van der Waals surface area contributed by atoms with Gasteiger partial charge in [0.15, 0.2) is 0 Å². The molecule has 0 saturated heterocycles. The standard InChI is InChI=1S/C12H14N2O2/c15-9-12(16)8-11-6-7-13-14(11)10-4-2-1-3-5-10/h1-7,12,15-16H,8-9H2. The van der Waals surface area contributed by atoms with E-state index in [2.05, 4.69) is 5.10 Å². The van der Waals surface area contributed by atoms with Gasteiger partial charge in [0.1, 0.15) is 0 Å². The van der Waals surface area contributed by atoms with E-state index in [9.17, 15) is 5.11 Å². The van der Waals surface area contributed by atoms with Crippen molar-refractivity contribution in [3.8, 4) is 5.69 Å². The van der Waals surface area contributed by atoms with E-state index in [1.165, 1.54) is 0 Å². The molecule has 0 amide bonds. The highest BCUT2D eigenvalue weighted by Gasteiger charge is 2.09. The fourth-order valence-corrected chi connectivity index (χ4v) is 1.59. The van der Waals surface area contributed by atoms with E-state index in [1.807, 2.05) is 36.4 Å². The summed E-state index contributed by atoms with van der Waals surface area (Å²) in [5, 5.41) is 22.4. The van der Waals surface area contributed by atoms with Crippen LogP contribution >= 0.6 is 0 Å². The van der Waals surface area contributed by atoms with Crippen LogP contribution in [0.4, 0.5) is 0 Å². The Morgan fingerprint density at radius 2 is 1.94 bits per heavy atom. The predicted molar refractivity (Wildman–Crippen MR) is 60.4 cm³/mol. The number of aliphatic hydroxyl groups is 2. The van der Waals surface area contributed by atoms with Crippen molar-refractivity contribution in [2.75, 3.05) is 6.61 Å². The monoisotopic (exact) mass is 218 g/mol. The molecule has 2 N–H and O–H groups in total. The van der Waals surface area contributed by atoms with Crippen molar-refractivity contribution in [1.29, 1.82) is 0 Å². The lowest BCUT2D eigenvalue weighted by molar-refractivity contribution is 0.0943. The van der Waals surface area contributed by atoms with Crippen molar-refractivity contribution in [3.63, 3.8) is 0 Å². The van der Waals surface area contributed by atoms with Gasteiger partial charge in [-0.1, -0.05) is 18.2 Å². The molecule has 1 unspecified atom stereocenters. The summed E-state index contributed by atoms with van der Waals surface area (Å²) in [5.41, 5.74) is 1.83. The third kappa shape index (κ3) is 2.29. The summed E-state index contributed by atoms with van der Waals surface area (Å²) in [6.45, 7) is -0.236. The first kappa shape index (κ1) is 10.9. The molecule has 0 saturated carbocycles. The van der Waals surface area contributed by atoms with Crippen LogP contribution in [0.2, 0.25) is 0 Å². The van der Waals surface area contributed by atoms with Gasteiger partial charge < -0.3 is 10.2 Å². The van der Waals surface area contributed by atoms with Crippen LogP contribution in [-0.2, 0) is 6.42 Å². The highest BCUT2D eigenvalue weighted by Crippen LogP contribution is 2.11. The summed E-state index contributed by atoms with van der Waals surface area (Å²) < 4.78 is 1.76. The van der Waals surface area contributed by atoms with E-state index >= 15 is 0 Å². The second kappa shape index (κ2) is 4.92. The van der Waals surface area contributed by atoms with Crippen LogP contribution < -0.4 is 0 Å². The minimum Gasteiger partial charge on any atom is -0.394 e. The SMILES string of the molecule is OCC(O)Cc1ccnn1-c1ccccc1. The summed E-state index contributed by atoms with van der Waals surface area (Å²) in [6.07, 6.45) is 1.34. The molecule has 0 aliphatic rings. The van der Waals surface area contributed by atoms with Crippen molar-refractivity contribution in [3.05, 3.63) is 48.3 Å². The Morgan fingerprint density at radius 3 is 2.62 bits per heavy atom. The molecule has 84 valence electrons. The third-order valence-corrected chi connectivity index (χ3v) is 2.38. The Balaban J connectivity index is 2.26. The molecule has 4 heteroatoms. The molecule has 0 aliphatic carbocycles. The maximum absolute atomic E-state index is 9.41. The number of aliphatic hydroxyl groups excluding tert-OH is 2. The van der Waals surface area contributed by atoms with E-state index in [1.54, 1.807) is 10.9 Å². The normalized spacial score (nSPS) is 12.6. The largest absolute Gasteiger partial charge is 0.394 e. The number of hydrogen-bond donors (Lipinski definition) is 2. The maximum atomic E-state index is 9.41. The van der Waals surface area contributed by atoms with E-state index in [-0.39, 0.29) is 6.61 Å². The zero-order valence-electron chi connectivity index (χ0n) is 8.82. The average Bonchev–Trinajstić information content (AvgIpc) is 2.78. The molecule has 0 bridgehead atoms. The second-order valence-corrected chi connectivity index (χ2v) is 3.61. The van der Waals surface area contributed by atoms with Gasteiger partial charge in [0.25, 0.3) is 0 Å². The first-order chi connectivity index (χ1) is 7.81. The lowest BCUT2D eigenvalue weighted by Gasteiger charge is -2.10. The lowest BCUT2D eigenvalue weighted by atomic mass is 10.2. The molecule has 2 rings (SSSR count). The fourth-order valence-electron chi connectivity index (χ4n) is 1.59. The summed E-state index contributed by atoms with van der Waals surface area (Å²) in [5.74, 6) is 0. The third-order valence-electron chi connectivity index (χ3n) is 2.38. The van der Waals surface area contributed by atoms with E-state index < -0.39 is 6.10 Å². The van der Waals surface area contributed by atoms with Gasteiger partial charge in [0.2, 0.25) is 0 Å². The highest BCUT2D eigenvalue weighted by molar-refractivity contribution is 5.32. The quantitative estimate of drug-likeness (QED) is 0.796. The van der Waals surface area contributed by atoms with E-state index in [4.69, 9.17) is 5.11 Å². The van der Waals surface area contributed by atoms with Crippen molar-refractivity contribution < 1.29 is 10.2 Å². The van der Waals surface area contributed by atoms with Crippen molar-refractivity contribution in [2.45, 2.75) is 12.5 Å². The van der Waals surface area contributed by atoms with E-state index in [0.717, 1.165) is 11.4 Å². The summed E-state index contributed by atoms with van der Waals surface area (Å²) >= 11 is 0. The van der Waals surface area contributed by atoms with Crippen LogP contribution in [0.3, 0.4) is 0 Å². The topological polar surface area (TPSA) is 58.3 Å². The Kier molecular flexibility index (Phi) is 3.34. The molecule has 16 heavy (non-hydrogen) atoms. The van der Waals surface area contributed by atoms with Gasteiger partial charge in [-0.25, -0.2) is 4.68 Å². The zero-order chi connectivity index (χ0) is 11.4. The zero-order valence-corrected chi connectivity index (χ0v) is 8.82. The molecule has 2 aromatic rings. The number of hydrogen-bond acceptors (Lipinski definition) is 3. The number of rotatable bonds is 4. The molecule has 1 atom stereocenters. The molecular weight excluding hydrogens is 204 g/mol. The smallest absolute Gasteiger partial charge is 0.0826 e. The van der Waals surface area contributed by atoms with Gasteiger partial charge in [-0.15, -0.1) is 0 Å². The molecule has 1 aromatic heterocycles. The molecule has 0 radical (unpaired) electrons. The van der Waals surface area contributed by atoms with Gasteiger partial charge in [-0.2, -0.15) is 5.10 Å². The maximum Gasteiger partial charge on any atom is 0.0826 e. The Hall–Kier alpha value is -1.65. The van der Waals surface area contributed by atoms with Gasteiger partial charge in [-0.3, -0.25) is 0 Å². The van der Waals surface area contributed by atoms with Crippen LogP contribution in [-0.4, -0.2) is 32.7 Å². The van der Waals surface area contributed by atoms with Crippen molar-refractivity contribution >= 4 is 0 Å². The molecule has 0 aliphatic heterocycles. The molecule has 0 fully saturated rings. The number of para-hydroxylation sites is 1. The van der Waals surface area contributed by atoms with Gasteiger partial charge in [0, 0.05) is 18.3 Å². The number of aromatic nitrogens is 2. The van der Waals surface area contributed by atoms with Gasteiger partial charge in [0.05, 0.1) is 18.4 Å². The predicted octanol–water partition coefficient (Wildman–Crippen LogP) is 0.768. The Labute approximate surface area is 93.8 Å². The average molecular weight is 218 g/mol. The summed E-state index contributed by atoms with van der Waals surface area (Å²) in [7, 11) is 0. The molecule has 4 nitrogen and oxygen atoms in total. The van der Waals surface area contributed by atoms with E-state index in [0.29, 0.717) is 6.42 Å². The first-order valence-electron chi connectivity index (χ1n) is 5.18.